The summed E-state index contributed by atoms with van der Waals surface area (Å²) in [5.74, 6) is -0.368. The van der Waals surface area contributed by atoms with E-state index in [4.69, 9.17) is 5.26 Å². The summed E-state index contributed by atoms with van der Waals surface area (Å²) in [6, 6.07) is 6.90. The lowest BCUT2D eigenvalue weighted by molar-refractivity contribution is -0.117. The Morgan fingerprint density at radius 3 is 2.85 bits per heavy atom. The van der Waals surface area contributed by atoms with Crippen molar-refractivity contribution in [2.24, 2.45) is 0 Å². The van der Waals surface area contributed by atoms with Crippen molar-refractivity contribution >= 4 is 11.6 Å². The van der Waals surface area contributed by atoms with Crippen LogP contribution in [0.4, 0.5) is 5.69 Å². The first-order valence-corrected chi connectivity index (χ1v) is 6.45. The van der Waals surface area contributed by atoms with Crippen LogP contribution in [0.2, 0.25) is 0 Å². The molecule has 0 saturated carbocycles. The lowest BCUT2D eigenvalue weighted by atomic mass is 10.2. The van der Waals surface area contributed by atoms with E-state index in [1.165, 1.54) is 6.20 Å². The Balaban J connectivity index is 2.83. The fraction of sp³-hybridized carbons (Fsp3) is 0.333. The van der Waals surface area contributed by atoms with Gasteiger partial charge in [-0.25, -0.2) is 0 Å². The predicted octanol–water partition coefficient (Wildman–Crippen LogP) is 2.43. The fourth-order valence-electron chi connectivity index (χ4n) is 1.47. The molecule has 0 spiro atoms. The molecule has 1 atom stereocenters. The third-order valence-corrected chi connectivity index (χ3v) is 2.88. The highest BCUT2D eigenvalue weighted by molar-refractivity contribution is 5.97. The van der Waals surface area contributed by atoms with Gasteiger partial charge in [0.2, 0.25) is 0 Å². The first-order valence-electron chi connectivity index (χ1n) is 6.45. The monoisotopic (exact) mass is 273 g/mol. The van der Waals surface area contributed by atoms with Crippen LogP contribution in [0.1, 0.15) is 25.8 Å². The Hall–Kier alpha value is -2.48. The van der Waals surface area contributed by atoms with Gasteiger partial charge in [0.25, 0.3) is 5.91 Å². The number of carbonyl (C=O) groups is 1. The van der Waals surface area contributed by atoms with Gasteiger partial charge < -0.3 is 15.7 Å². The molecule has 1 aromatic rings. The molecule has 1 aromatic carbocycles. The number of aryl methyl sites for hydroxylation is 1. The molecule has 0 aromatic heterocycles. The highest BCUT2D eigenvalue weighted by Gasteiger charge is 2.11. The quantitative estimate of drug-likeness (QED) is 0.437. The van der Waals surface area contributed by atoms with E-state index in [9.17, 15) is 9.90 Å². The van der Waals surface area contributed by atoms with Crippen molar-refractivity contribution in [2.45, 2.75) is 33.2 Å². The third-order valence-electron chi connectivity index (χ3n) is 2.88. The molecule has 0 aliphatic carbocycles. The van der Waals surface area contributed by atoms with Gasteiger partial charge in [0.1, 0.15) is 17.4 Å². The van der Waals surface area contributed by atoms with Crippen molar-refractivity contribution in [1.29, 1.82) is 5.26 Å². The minimum atomic E-state index is -0.429. The Bertz CT molecular complexity index is 559. The minimum Gasteiger partial charge on any atom is -0.506 e. The number of carbonyl (C=O) groups excluding carboxylic acids is 1. The summed E-state index contributed by atoms with van der Waals surface area (Å²) in [6.07, 6.45) is 2.09. The number of hydrogen-bond donors (Lipinski definition) is 3. The van der Waals surface area contributed by atoms with E-state index < -0.39 is 5.91 Å². The van der Waals surface area contributed by atoms with Gasteiger partial charge in [-0.05, 0) is 38.0 Å². The standard InChI is InChI=1S/C15H19N3O2/c1-4-11(3)18-15(20)12(8-16)9-17-13-7-10(2)5-6-14(13)19/h5-7,9,11,17,19H,4H2,1-3H3,(H,18,20)/b12-9-. The maximum absolute atomic E-state index is 11.8. The van der Waals surface area contributed by atoms with Crippen molar-refractivity contribution < 1.29 is 9.90 Å². The average Bonchev–Trinajstić information content (AvgIpc) is 2.42. The molecule has 0 aliphatic heterocycles. The number of nitrogens with one attached hydrogen (secondary N) is 2. The van der Waals surface area contributed by atoms with E-state index in [0.717, 1.165) is 12.0 Å². The van der Waals surface area contributed by atoms with Crippen LogP contribution in [0.5, 0.6) is 5.75 Å². The van der Waals surface area contributed by atoms with Crippen molar-refractivity contribution in [2.75, 3.05) is 5.32 Å². The molecule has 20 heavy (non-hydrogen) atoms. The second kappa shape index (κ2) is 7.19. The molecule has 0 radical (unpaired) electrons. The van der Waals surface area contributed by atoms with Crippen LogP contribution in [0.15, 0.2) is 30.0 Å². The Labute approximate surface area is 118 Å². The molecule has 1 rings (SSSR count). The molecule has 3 N–H and O–H groups in total. The lowest BCUT2D eigenvalue weighted by Crippen LogP contribution is -2.33. The number of rotatable bonds is 5. The Morgan fingerprint density at radius 2 is 2.25 bits per heavy atom. The zero-order valence-corrected chi connectivity index (χ0v) is 11.9. The number of amides is 1. The number of nitrogens with zero attached hydrogens (tertiary/aromatic N) is 1. The molecule has 5 nitrogen and oxygen atoms in total. The van der Waals surface area contributed by atoms with Crippen LogP contribution in [-0.4, -0.2) is 17.1 Å². The summed E-state index contributed by atoms with van der Waals surface area (Å²) in [7, 11) is 0. The fourth-order valence-corrected chi connectivity index (χ4v) is 1.47. The third kappa shape index (κ3) is 4.32. The molecular weight excluding hydrogens is 254 g/mol. The number of benzene rings is 1. The number of nitriles is 1. The molecule has 0 bridgehead atoms. The Morgan fingerprint density at radius 1 is 1.55 bits per heavy atom. The summed E-state index contributed by atoms with van der Waals surface area (Å²) in [4.78, 5) is 11.8. The maximum Gasteiger partial charge on any atom is 0.263 e. The van der Waals surface area contributed by atoms with Gasteiger partial charge >= 0.3 is 0 Å². The largest absolute Gasteiger partial charge is 0.506 e. The van der Waals surface area contributed by atoms with Crippen molar-refractivity contribution in [3.63, 3.8) is 0 Å². The highest BCUT2D eigenvalue weighted by Crippen LogP contribution is 2.23. The second-order valence-corrected chi connectivity index (χ2v) is 4.62. The second-order valence-electron chi connectivity index (χ2n) is 4.62. The highest BCUT2D eigenvalue weighted by atomic mass is 16.3. The van der Waals surface area contributed by atoms with E-state index in [1.54, 1.807) is 18.2 Å². The SMILES string of the molecule is CCC(C)NC(=O)/C(C#N)=C\Nc1cc(C)ccc1O. The number of hydrogen-bond acceptors (Lipinski definition) is 4. The molecule has 0 aliphatic rings. The van der Waals surface area contributed by atoms with Crippen LogP contribution in [0.3, 0.4) is 0 Å². The van der Waals surface area contributed by atoms with E-state index in [0.29, 0.717) is 5.69 Å². The van der Waals surface area contributed by atoms with Crippen LogP contribution < -0.4 is 10.6 Å². The van der Waals surface area contributed by atoms with Gasteiger partial charge in [-0.2, -0.15) is 5.26 Å². The van der Waals surface area contributed by atoms with E-state index in [-0.39, 0.29) is 17.4 Å². The molecule has 106 valence electrons. The van der Waals surface area contributed by atoms with Crippen molar-refractivity contribution in [3.8, 4) is 11.8 Å². The van der Waals surface area contributed by atoms with E-state index in [1.807, 2.05) is 26.8 Å². The Kier molecular flexibility index (Phi) is 5.60. The lowest BCUT2D eigenvalue weighted by Gasteiger charge is -2.11. The zero-order valence-electron chi connectivity index (χ0n) is 11.9. The number of anilines is 1. The first kappa shape index (κ1) is 15.6. The average molecular weight is 273 g/mol. The molecular formula is C15H19N3O2. The van der Waals surface area contributed by atoms with Crippen LogP contribution in [0, 0.1) is 18.3 Å². The van der Waals surface area contributed by atoms with Gasteiger partial charge in [0, 0.05) is 12.2 Å². The number of phenols is 1. The topological polar surface area (TPSA) is 85.2 Å². The van der Waals surface area contributed by atoms with Gasteiger partial charge in [-0.3, -0.25) is 4.79 Å². The van der Waals surface area contributed by atoms with E-state index >= 15 is 0 Å². The van der Waals surface area contributed by atoms with Crippen LogP contribution in [-0.2, 0) is 4.79 Å². The van der Waals surface area contributed by atoms with Crippen molar-refractivity contribution in [3.05, 3.63) is 35.5 Å². The molecule has 0 fully saturated rings. The molecule has 0 heterocycles. The summed E-state index contributed by atoms with van der Waals surface area (Å²) in [5, 5.41) is 24.2. The van der Waals surface area contributed by atoms with Gasteiger partial charge in [-0.1, -0.05) is 13.0 Å². The molecule has 1 unspecified atom stereocenters. The van der Waals surface area contributed by atoms with Crippen LogP contribution in [0.25, 0.3) is 0 Å². The number of phenolic OH excluding ortho intramolecular Hbond substituents is 1. The first-order chi connectivity index (χ1) is 9.47. The van der Waals surface area contributed by atoms with Gasteiger partial charge in [0.15, 0.2) is 0 Å². The maximum atomic E-state index is 11.8. The summed E-state index contributed by atoms with van der Waals surface area (Å²) < 4.78 is 0. The smallest absolute Gasteiger partial charge is 0.263 e. The zero-order chi connectivity index (χ0) is 15.1. The summed E-state index contributed by atoms with van der Waals surface area (Å²) in [5.41, 5.74) is 1.38. The van der Waals surface area contributed by atoms with E-state index in [2.05, 4.69) is 10.6 Å². The van der Waals surface area contributed by atoms with Crippen molar-refractivity contribution in [1.82, 2.24) is 5.32 Å². The normalized spacial score (nSPS) is 12.4. The summed E-state index contributed by atoms with van der Waals surface area (Å²) >= 11 is 0. The number of aromatic hydroxyl groups is 1. The minimum absolute atomic E-state index is 0.00613. The molecule has 5 heteroatoms. The predicted molar refractivity (Wildman–Crippen MR) is 78.1 cm³/mol. The van der Waals surface area contributed by atoms with Gasteiger partial charge in [-0.15, -0.1) is 0 Å². The molecule has 1 amide bonds. The summed E-state index contributed by atoms with van der Waals surface area (Å²) in [6.45, 7) is 5.70. The van der Waals surface area contributed by atoms with Crippen LogP contribution >= 0.6 is 0 Å². The molecule has 0 saturated heterocycles. The van der Waals surface area contributed by atoms with Gasteiger partial charge in [0.05, 0.1) is 5.69 Å².